The number of nitrogens with zero attached hydrogens (tertiary/aromatic N) is 1. The number of hydrogen-bond donors (Lipinski definition) is 4. The van der Waals surface area contributed by atoms with Crippen molar-refractivity contribution in [1.82, 2.24) is 15.2 Å². The van der Waals surface area contributed by atoms with Gasteiger partial charge in [0, 0.05) is 13.0 Å². The molecule has 8 nitrogen and oxygen atoms in total. The van der Waals surface area contributed by atoms with Gasteiger partial charge >= 0.3 is 11.7 Å². The van der Waals surface area contributed by atoms with Crippen LogP contribution < -0.4 is 16.6 Å². The average Bonchev–Trinajstić information content (AvgIpc) is 2.38. The van der Waals surface area contributed by atoms with Crippen molar-refractivity contribution in [3.8, 4) is 0 Å². The molecule has 1 atom stereocenters. The zero-order valence-electron chi connectivity index (χ0n) is 11.4. The SMILES string of the molecule is CCCC(CCNc1n[nH]c(=O)[nH]c1=O)CCC(=O)O. The molecule has 0 spiro atoms. The molecule has 20 heavy (non-hydrogen) atoms. The van der Waals surface area contributed by atoms with Gasteiger partial charge in [-0.3, -0.25) is 14.6 Å². The minimum Gasteiger partial charge on any atom is -0.481 e. The van der Waals surface area contributed by atoms with Gasteiger partial charge in [0.05, 0.1) is 0 Å². The lowest BCUT2D eigenvalue weighted by Gasteiger charge is -2.15. The van der Waals surface area contributed by atoms with E-state index < -0.39 is 17.2 Å². The van der Waals surface area contributed by atoms with Crippen molar-refractivity contribution in [2.24, 2.45) is 5.92 Å². The number of carboxylic acid groups (broad SMARTS) is 1. The third-order valence-electron chi connectivity index (χ3n) is 3.02. The van der Waals surface area contributed by atoms with Crippen LogP contribution in [0.25, 0.3) is 0 Å². The molecule has 4 N–H and O–H groups in total. The van der Waals surface area contributed by atoms with Gasteiger partial charge in [-0.15, -0.1) is 5.10 Å². The number of aromatic nitrogens is 3. The zero-order valence-corrected chi connectivity index (χ0v) is 11.4. The molecule has 0 aliphatic carbocycles. The smallest absolute Gasteiger partial charge is 0.342 e. The van der Waals surface area contributed by atoms with Crippen LogP contribution in [0.3, 0.4) is 0 Å². The summed E-state index contributed by atoms with van der Waals surface area (Å²) in [5.41, 5.74) is -1.21. The van der Waals surface area contributed by atoms with E-state index in [1.807, 2.05) is 0 Å². The Kier molecular flexibility index (Phi) is 6.48. The van der Waals surface area contributed by atoms with Gasteiger partial charge in [-0.05, 0) is 18.8 Å². The van der Waals surface area contributed by atoms with E-state index in [0.29, 0.717) is 18.9 Å². The van der Waals surface area contributed by atoms with Crippen LogP contribution in [-0.4, -0.2) is 32.8 Å². The molecule has 0 aliphatic heterocycles. The fourth-order valence-electron chi connectivity index (χ4n) is 2.03. The second-order valence-corrected chi connectivity index (χ2v) is 4.66. The third-order valence-corrected chi connectivity index (χ3v) is 3.02. The van der Waals surface area contributed by atoms with Crippen molar-refractivity contribution < 1.29 is 9.90 Å². The van der Waals surface area contributed by atoms with E-state index in [0.717, 1.165) is 19.3 Å². The van der Waals surface area contributed by atoms with Crippen molar-refractivity contribution in [3.63, 3.8) is 0 Å². The Morgan fingerprint density at radius 3 is 2.70 bits per heavy atom. The molecule has 0 fully saturated rings. The Morgan fingerprint density at radius 1 is 1.35 bits per heavy atom. The van der Waals surface area contributed by atoms with E-state index in [1.165, 1.54) is 0 Å². The fraction of sp³-hybridized carbons (Fsp3) is 0.667. The Labute approximate surface area is 115 Å². The molecular weight excluding hydrogens is 264 g/mol. The molecule has 0 aromatic carbocycles. The largest absolute Gasteiger partial charge is 0.481 e. The van der Waals surface area contributed by atoms with E-state index in [1.54, 1.807) is 0 Å². The summed E-state index contributed by atoms with van der Waals surface area (Å²) in [6, 6.07) is 0. The first kappa shape index (κ1) is 15.9. The van der Waals surface area contributed by atoms with Gasteiger partial charge in [0.25, 0.3) is 5.56 Å². The molecular formula is C12H20N4O4. The molecule has 0 bridgehead atoms. The Bertz CT molecular complexity index is 537. The number of carbonyl (C=O) groups is 1. The van der Waals surface area contributed by atoms with E-state index in [4.69, 9.17) is 5.11 Å². The first-order chi connectivity index (χ1) is 9.52. The van der Waals surface area contributed by atoms with Crippen molar-refractivity contribution >= 4 is 11.8 Å². The highest BCUT2D eigenvalue weighted by Gasteiger charge is 2.10. The van der Waals surface area contributed by atoms with Crippen molar-refractivity contribution in [2.45, 2.75) is 39.0 Å². The zero-order chi connectivity index (χ0) is 15.0. The number of anilines is 1. The monoisotopic (exact) mass is 284 g/mol. The van der Waals surface area contributed by atoms with Gasteiger partial charge in [-0.25, -0.2) is 9.89 Å². The molecule has 0 aliphatic rings. The quantitative estimate of drug-likeness (QED) is 0.524. The van der Waals surface area contributed by atoms with E-state index in [2.05, 4.69) is 27.4 Å². The standard InChI is InChI=1S/C12H20N4O4/c1-2-3-8(4-5-9(17)18)6-7-13-10-11(19)14-12(20)16-15-10/h8H,2-7H2,1H3,(H,13,15)(H,17,18)(H2,14,16,19,20). The number of hydrogen-bond acceptors (Lipinski definition) is 5. The van der Waals surface area contributed by atoms with Gasteiger partial charge in [-0.2, -0.15) is 0 Å². The first-order valence-electron chi connectivity index (χ1n) is 6.67. The fourth-order valence-corrected chi connectivity index (χ4v) is 2.03. The van der Waals surface area contributed by atoms with Crippen molar-refractivity contribution in [1.29, 1.82) is 0 Å². The normalized spacial score (nSPS) is 12.1. The summed E-state index contributed by atoms with van der Waals surface area (Å²) in [6.07, 6.45) is 3.47. The number of aromatic amines is 2. The highest BCUT2D eigenvalue weighted by atomic mass is 16.4. The molecule has 1 aromatic rings. The molecule has 1 aromatic heterocycles. The van der Waals surface area contributed by atoms with Crippen LogP contribution >= 0.6 is 0 Å². The minimum absolute atomic E-state index is 0.0677. The molecule has 8 heteroatoms. The van der Waals surface area contributed by atoms with E-state index in [-0.39, 0.29) is 12.2 Å². The molecule has 1 rings (SSSR count). The maximum absolute atomic E-state index is 11.4. The number of H-pyrrole nitrogens is 2. The Morgan fingerprint density at radius 2 is 2.10 bits per heavy atom. The Hall–Kier alpha value is -2.12. The second-order valence-electron chi connectivity index (χ2n) is 4.66. The molecule has 0 radical (unpaired) electrons. The summed E-state index contributed by atoms with van der Waals surface area (Å²) in [5.74, 6) is -0.429. The Balaban J connectivity index is 2.44. The van der Waals surface area contributed by atoms with Crippen LogP contribution in [0.4, 0.5) is 5.82 Å². The summed E-state index contributed by atoms with van der Waals surface area (Å²) < 4.78 is 0. The van der Waals surface area contributed by atoms with Gasteiger partial charge < -0.3 is 10.4 Å². The molecule has 112 valence electrons. The van der Waals surface area contributed by atoms with Crippen LogP contribution in [0.2, 0.25) is 0 Å². The minimum atomic E-state index is -0.794. The predicted octanol–water partition coefficient (Wildman–Crippen LogP) is 0.541. The molecule has 0 saturated carbocycles. The van der Waals surface area contributed by atoms with Gasteiger partial charge in [-0.1, -0.05) is 19.8 Å². The predicted molar refractivity (Wildman–Crippen MR) is 73.9 cm³/mol. The van der Waals surface area contributed by atoms with Crippen molar-refractivity contribution in [2.75, 3.05) is 11.9 Å². The maximum atomic E-state index is 11.4. The lowest BCUT2D eigenvalue weighted by Crippen LogP contribution is -2.27. The summed E-state index contributed by atoms with van der Waals surface area (Å²) in [4.78, 5) is 34.8. The van der Waals surface area contributed by atoms with E-state index >= 15 is 0 Å². The second kappa shape index (κ2) is 8.13. The molecule has 1 unspecified atom stereocenters. The first-order valence-corrected chi connectivity index (χ1v) is 6.67. The number of nitrogens with one attached hydrogen (secondary N) is 3. The summed E-state index contributed by atoms with van der Waals surface area (Å²) >= 11 is 0. The summed E-state index contributed by atoms with van der Waals surface area (Å²) in [7, 11) is 0. The highest BCUT2D eigenvalue weighted by Crippen LogP contribution is 2.17. The van der Waals surface area contributed by atoms with Crippen LogP contribution in [0.15, 0.2) is 9.59 Å². The average molecular weight is 284 g/mol. The van der Waals surface area contributed by atoms with Gasteiger partial charge in [0.15, 0.2) is 0 Å². The van der Waals surface area contributed by atoms with Crippen LogP contribution in [0, 0.1) is 5.92 Å². The highest BCUT2D eigenvalue weighted by molar-refractivity contribution is 5.66. The summed E-state index contributed by atoms with van der Waals surface area (Å²) in [5, 5.41) is 17.3. The lowest BCUT2D eigenvalue weighted by molar-refractivity contribution is -0.137. The van der Waals surface area contributed by atoms with Crippen LogP contribution in [0.5, 0.6) is 0 Å². The van der Waals surface area contributed by atoms with E-state index in [9.17, 15) is 14.4 Å². The van der Waals surface area contributed by atoms with Crippen LogP contribution in [-0.2, 0) is 4.79 Å². The molecule has 1 heterocycles. The van der Waals surface area contributed by atoms with Crippen molar-refractivity contribution in [3.05, 3.63) is 20.8 Å². The maximum Gasteiger partial charge on any atom is 0.342 e. The topological polar surface area (TPSA) is 128 Å². The third kappa shape index (κ3) is 5.68. The van der Waals surface area contributed by atoms with Gasteiger partial charge in [0.2, 0.25) is 5.82 Å². The molecule has 0 saturated heterocycles. The van der Waals surface area contributed by atoms with Gasteiger partial charge in [0.1, 0.15) is 0 Å². The number of carboxylic acids is 1. The molecule has 0 amide bonds. The number of aliphatic carboxylic acids is 1. The number of rotatable bonds is 9. The van der Waals surface area contributed by atoms with Crippen LogP contribution in [0.1, 0.15) is 39.0 Å². The summed E-state index contributed by atoms with van der Waals surface area (Å²) in [6.45, 7) is 2.56. The lowest BCUT2D eigenvalue weighted by atomic mass is 9.94.